The van der Waals surface area contributed by atoms with Crippen LogP contribution in [0.5, 0.6) is 0 Å². The molecule has 4 nitrogen and oxygen atoms in total. The van der Waals surface area contributed by atoms with Gasteiger partial charge in [0.2, 0.25) is 0 Å². The highest BCUT2D eigenvalue weighted by atomic mass is 19.4. The number of esters is 2. The van der Waals surface area contributed by atoms with Crippen LogP contribution in [0.2, 0.25) is 0 Å². The highest BCUT2D eigenvalue weighted by molar-refractivity contribution is 5.72. The number of alkyl halides is 12. The Hall–Kier alpha value is -1.90. The lowest BCUT2D eigenvalue weighted by atomic mass is 9.70. The number of ether oxygens (including phenoxy) is 2. The first-order valence-electron chi connectivity index (χ1n) is 13.7. The van der Waals surface area contributed by atoms with Crippen LogP contribution in [0.4, 0.5) is 52.7 Å². The summed E-state index contributed by atoms with van der Waals surface area (Å²) in [5, 5.41) is 0. The lowest BCUT2D eigenvalue weighted by Crippen LogP contribution is -2.69. The summed E-state index contributed by atoms with van der Waals surface area (Å²) in [4.78, 5) is 23.0. The van der Waals surface area contributed by atoms with Gasteiger partial charge >= 0.3 is 48.0 Å². The van der Waals surface area contributed by atoms with Gasteiger partial charge < -0.3 is 9.47 Å². The van der Waals surface area contributed by atoms with Gasteiger partial charge in [0.25, 0.3) is 0 Å². The molecule has 0 heterocycles. The molecule has 0 radical (unpaired) electrons. The summed E-state index contributed by atoms with van der Waals surface area (Å²) < 4.78 is 163. The van der Waals surface area contributed by atoms with Crippen molar-refractivity contribution in [2.75, 3.05) is 6.61 Å². The highest BCUT2D eigenvalue weighted by Gasteiger charge is 2.88. The van der Waals surface area contributed by atoms with Crippen molar-refractivity contribution in [3.63, 3.8) is 0 Å². The number of fused-ring (bicyclic) bond motifs is 2. The highest BCUT2D eigenvalue weighted by Crippen LogP contribution is 2.66. The van der Waals surface area contributed by atoms with Gasteiger partial charge in [-0.15, -0.1) is 0 Å². The van der Waals surface area contributed by atoms with Gasteiger partial charge in [-0.3, -0.25) is 9.59 Å². The van der Waals surface area contributed by atoms with Crippen LogP contribution < -0.4 is 0 Å². The van der Waals surface area contributed by atoms with Gasteiger partial charge in [-0.25, -0.2) is 8.78 Å². The van der Waals surface area contributed by atoms with Gasteiger partial charge in [-0.1, -0.05) is 48.5 Å². The monoisotopic (exact) mass is 654 g/mol. The number of hydrogen-bond acceptors (Lipinski definition) is 4. The molecule has 5 atom stereocenters. The molecule has 254 valence electrons. The Labute approximate surface area is 242 Å². The van der Waals surface area contributed by atoms with Crippen molar-refractivity contribution in [1.82, 2.24) is 0 Å². The normalized spacial score (nSPS) is 25.6. The summed E-state index contributed by atoms with van der Waals surface area (Å²) >= 11 is 0. The summed E-state index contributed by atoms with van der Waals surface area (Å²) in [6.07, 6.45) is -1.01. The second-order valence-corrected chi connectivity index (χ2v) is 12.1. The molecule has 2 fully saturated rings. The van der Waals surface area contributed by atoms with Gasteiger partial charge in [0.15, 0.2) is 6.61 Å². The number of rotatable bonds is 12. The molecule has 0 N–H and O–H groups in total. The van der Waals surface area contributed by atoms with Crippen molar-refractivity contribution in [3.8, 4) is 0 Å². The lowest BCUT2D eigenvalue weighted by molar-refractivity contribution is -0.414. The number of carbonyl (C=O) groups excluding carboxylic acids is 2. The quantitative estimate of drug-likeness (QED) is 0.156. The molecule has 2 rings (SSSR count). The molecule has 2 aliphatic carbocycles. The van der Waals surface area contributed by atoms with Crippen molar-refractivity contribution in [1.29, 1.82) is 0 Å². The number of hydrogen-bond donors (Lipinski definition) is 0. The van der Waals surface area contributed by atoms with E-state index >= 15 is 0 Å². The zero-order valence-electron chi connectivity index (χ0n) is 24.8. The third kappa shape index (κ3) is 6.72. The molecule has 2 saturated carbocycles. The van der Waals surface area contributed by atoms with E-state index < -0.39 is 54.5 Å². The van der Waals surface area contributed by atoms with Gasteiger partial charge in [-0.2, -0.15) is 43.9 Å². The molecule has 0 aromatic heterocycles. The predicted molar refractivity (Wildman–Crippen MR) is 130 cm³/mol. The second kappa shape index (κ2) is 12.8. The molecule has 0 spiro atoms. The average molecular weight is 655 g/mol. The number of carbonyl (C=O) groups is 2. The van der Waals surface area contributed by atoms with Crippen LogP contribution in [0.15, 0.2) is 0 Å². The Kier molecular flexibility index (Phi) is 11.7. The van der Waals surface area contributed by atoms with Gasteiger partial charge in [-0.05, 0) is 43.4 Å². The first-order valence-corrected chi connectivity index (χ1v) is 13.7. The van der Waals surface area contributed by atoms with E-state index in [-0.39, 0.29) is 29.8 Å². The molecule has 2 aliphatic rings. The van der Waals surface area contributed by atoms with Crippen molar-refractivity contribution < 1.29 is 71.7 Å². The molecule has 0 amide bonds. The van der Waals surface area contributed by atoms with Crippen LogP contribution in [0.25, 0.3) is 0 Å². The van der Waals surface area contributed by atoms with E-state index in [4.69, 9.17) is 4.74 Å². The van der Waals surface area contributed by atoms with Gasteiger partial charge in [0.1, 0.15) is 6.10 Å². The third-order valence-electron chi connectivity index (χ3n) is 9.34. The first kappa shape index (κ1) is 39.1. The smallest absolute Gasteiger partial charge is 0.384 e. The maximum Gasteiger partial charge on any atom is 0.384 e. The fourth-order valence-electron chi connectivity index (χ4n) is 5.07. The summed E-state index contributed by atoms with van der Waals surface area (Å²) in [5.41, 5.74) is 0.522. The molecule has 2 bridgehead atoms. The fourth-order valence-corrected chi connectivity index (χ4v) is 5.07. The van der Waals surface area contributed by atoms with E-state index in [1.807, 2.05) is 13.8 Å². The predicted octanol–water partition coefficient (Wildman–Crippen LogP) is 8.81. The summed E-state index contributed by atoms with van der Waals surface area (Å²) in [6, 6.07) is 0. The third-order valence-corrected chi connectivity index (χ3v) is 9.34. The van der Waals surface area contributed by atoms with Gasteiger partial charge in [0, 0.05) is 5.41 Å². The molecule has 0 aromatic rings. The summed E-state index contributed by atoms with van der Waals surface area (Å²) in [5.74, 6) is -37.7. The molecular weight excluding hydrogens is 616 g/mol. The SMILES string of the molecule is CCC(C)C(=O)OC1CC2CCC1(C)C2(C)C.CCC(C)C(=O)OCC(F)(F)C(F)(F)C(F)(F)C(F)(F)C(F)(F)C(F)F. The Morgan fingerprint density at radius 2 is 1.26 bits per heavy atom. The molecular formula is C27H38F12O4. The Bertz CT molecular complexity index is 985. The lowest BCUT2D eigenvalue weighted by Gasteiger charge is -2.38. The zero-order valence-corrected chi connectivity index (χ0v) is 24.8. The Balaban J connectivity index is 0.000000465. The Morgan fingerprint density at radius 3 is 1.63 bits per heavy atom. The van der Waals surface area contributed by atoms with E-state index in [1.165, 1.54) is 19.8 Å². The van der Waals surface area contributed by atoms with Crippen LogP contribution in [0.3, 0.4) is 0 Å². The topological polar surface area (TPSA) is 52.6 Å². The molecule has 0 aromatic carbocycles. The minimum absolute atomic E-state index is 0.00192. The van der Waals surface area contributed by atoms with E-state index in [2.05, 4.69) is 25.5 Å². The van der Waals surface area contributed by atoms with Crippen LogP contribution in [0.1, 0.15) is 80.6 Å². The van der Waals surface area contributed by atoms with Crippen LogP contribution in [-0.2, 0) is 19.1 Å². The maximum atomic E-state index is 13.3. The zero-order chi connectivity index (χ0) is 34.2. The van der Waals surface area contributed by atoms with E-state index in [1.54, 1.807) is 0 Å². The molecule has 0 saturated heterocycles. The maximum absolute atomic E-state index is 13.3. The standard InChI is InChI=1S/C15H26O2.C12H12F12O2/c1-6-10(2)13(16)17-12-9-11-7-8-15(12,5)14(11,3)4;1-3-5(2)6(25)26-4-8(15,16)10(19,20)12(23,24)11(21,22)9(17,18)7(13)14/h10-12H,6-9H2,1-5H3;5,7H,3-4H2,1-2H3. The fraction of sp³-hybridized carbons (Fsp3) is 0.926. The van der Waals surface area contributed by atoms with Crippen LogP contribution in [-0.4, -0.2) is 60.7 Å². The molecule has 0 aliphatic heterocycles. The van der Waals surface area contributed by atoms with E-state index in [0.717, 1.165) is 25.7 Å². The molecule has 43 heavy (non-hydrogen) atoms. The number of halogens is 12. The largest absolute Gasteiger partial charge is 0.462 e. The van der Waals surface area contributed by atoms with Crippen molar-refractivity contribution in [2.24, 2.45) is 28.6 Å². The first-order chi connectivity index (χ1) is 19.1. The minimum Gasteiger partial charge on any atom is -0.462 e. The van der Waals surface area contributed by atoms with Gasteiger partial charge in [0.05, 0.1) is 11.8 Å². The molecule has 16 heteroatoms. The van der Waals surface area contributed by atoms with Crippen molar-refractivity contribution >= 4 is 11.9 Å². The van der Waals surface area contributed by atoms with Crippen molar-refractivity contribution in [3.05, 3.63) is 0 Å². The minimum atomic E-state index is -7.62. The summed E-state index contributed by atoms with van der Waals surface area (Å²) in [6.45, 7) is 10.5. The van der Waals surface area contributed by atoms with E-state index in [9.17, 15) is 62.3 Å². The summed E-state index contributed by atoms with van der Waals surface area (Å²) in [7, 11) is 0. The van der Waals surface area contributed by atoms with Crippen LogP contribution in [0, 0.1) is 28.6 Å². The van der Waals surface area contributed by atoms with Crippen molar-refractivity contribution in [2.45, 2.75) is 123 Å². The van der Waals surface area contributed by atoms with Crippen LogP contribution >= 0.6 is 0 Å². The average Bonchev–Trinajstić information content (AvgIpc) is 3.24. The molecule has 5 unspecified atom stereocenters. The second-order valence-electron chi connectivity index (χ2n) is 12.1. The Morgan fingerprint density at radius 1 is 0.791 bits per heavy atom. The van der Waals surface area contributed by atoms with E-state index in [0.29, 0.717) is 5.41 Å².